The van der Waals surface area contributed by atoms with E-state index in [1.54, 1.807) is 24.3 Å². The predicted molar refractivity (Wildman–Crippen MR) is 110 cm³/mol. The Morgan fingerprint density at radius 1 is 0.862 bits per heavy atom. The van der Waals surface area contributed by atoms with Crippen LogP contribution in [0.5, 0.6) is 0 Å². The molecular weight excluding hydrogens is 368 g/mol. The number of carbonyl (C=O) groups excluding carboxylic acids is 1. The van der Waals surface area contributed by atoms with Gasteiger partial charge < -0.3 is 5.32 Å². The Morgan fingerprint density at radius 2 is 1.34 bits per heavy atom. The van der Waals surface area contributed by atoms with E-state index in [0.29, 0.717) is 30.0 Å². The molecule has 1 unspecified atom stereocenters. The topological polar surface area (TPSA) is 29.1 Å². The van der Waals surface area contributed by atoms with Crippen LogP contribution >= 0.6 is 0 Å². The van der Waals surface area contributed by atoms with Gasteiger partial charge in [0.15, 0.2) is 5.78 Å². The highest BCUT2D eigenvalue weighted by molar-refractivity contribution is 5.92. The smallest absolute Gasteiger partial charge is 0.161 e. The molecule has 0 heterocycles. The Balaban J connectivity index is 1.43. The van der Waals surface area contributed by atoms with Crippen molar-refractivity contribution in [3.8, 4) is 0 Å². The molecule has 1 atom stereocenters. The van der Waals surface area contributed by atoms with Crippen LogP contribution in [0.15, 0.2) is 48.5 Å². The highest BCUT2D eigenvalue weighted by Gasteiger charge is 2.55. The van der Waals surface area contributed by atoms with Crippen molar-refractivity contribution in [3.63, 3.8) is 0 Å². The number of carbonyl (C=O) groups is 1. The Labute approximate surface area is 170 Å². The van der Waals surface area contributed by atoms with Crippen molar-refractivity contribution in [2.75, 3.05) is 5.32 Å². The van der Waals surface area contributed by atoms with E-state index in [0.717, 1.165) is 30.5 Å². The summed E-state index contributed by atoms with van der Waals surface area (Å²) in [4.78, 5) is 13.9. The fourth-order valence-corrected chi connectivity index (χ4v) is 6.59. The van der Waals surface area contributed by atoms with Gasteiger partial charge in [-0.1, -0.05) is 12.1 Å². The minimum atomic E-state index is -0.387. The van der Waals surface area contributed by atoms with Crippen LogP contribution in [-0.4, -0.2) is 11.8 Å². The second-order valence-electron chi connectivity index (χ2n) is 9.60. The Hall–Kier alpha value is -2.23. The summed E-state index contributed by atoms with van der Waals surface area (Å²) in [5.74, 6) is 1.82. The normalized spacial score (nSPS) is 30.9. The van der Waals surface area contributed by atoms with E-state index >= 15 is 0 Å². The molecule has 0 aliphatic heterocycles. The van der Waals surface area contributed by atoms with Crippen molar-refractivity contribution < 1.29 is 13.6 Å². The number of rotatable bonds is 6. The molecule has 4 bridgehead atoms. The van der Waals surface area contributed by atoms with Crippen LogP contribution in [0.1, 0.15) is 44.1 Å². The molecule has 1 N–H and O–H groups in total. The minimum Gasteiger partial charge on any atom is -0.375 e. The molecule has 4 fully saturated rings. The van der Waals surface area contributed by atoms with E-state index in [4.69, 9.17) is 0 Å². The second-order valence-corrected chi connectivity index (χ2v) is 9.60. The van der Waals surface area contributed by atoms with Crippen LogP contribution in [0.2, 0.25) is 0 Å². The van der Waals surface area contributed by atoms with Crippen LogP contribution in [-0.2, 0) is 11.2 Å². The highest BCUT2D eigenvalue weighted by atomic mass is 19.1. The van der Waals surface area contributed by atoms with Crippen molar-refractivity contribution in [3.05, 3.63) is 65.7 Å². The molecule has 0 spiro atoms. The Bertz CT molecular complexity index is 807. The third-order valence-electron chi connectivity index (χ3n) is 7.42. The maximum absolute atomic E-state index is 13.9. The molecule has 4 heteroatoms. The fraction of sp³-hybridized carbons (Fsp3) is 0.480. The number of ketones is 1. The van der Waals surface area contributed by atoms with Crippen LogP contribution in [0.25, 0.3) is 0 Å². The summed E-state index contributed by atoms with van der Waals surface area (Å²) in [6, 6.07) is 12.2. The number of halogens is 2. The van der Waals surface area contributed by atoms with Gasteiger partial charge in [-0.15, -0.1) is 0 Å². The third-order valence-corrected chi connectivity index (χ3v) is 7.42. The van der Waals surface area contributed by atoms with Gasteiger partial charge in [0.1, 0.15) is 11.6 Å². The van der Waals surface area contributed by atoms with E-state index in [1.807, 2.05) is 0 Å². The highest BCUT2D eigenvalue weighted by Crippen LogP contribution is 2.60. The Morgan fingerprint density at radius 3 is 1.86 bits per heavy atom. The first-order valence-corrected chi connectivity index (χ1v) is 10.8. The van der Waals surface area contributed by atoms with E-state index in [1.165, 1.54) is 43.5 Å². The molecule has 0 aromatic heterocycles. The van der Waals surface area contributed by atoms with E-state index < -0.39 is 0 Å². The van der Waals surface area contributed by atoms with Gasteiger partial charge in [0, 0.05) is 11.1 Å². The third kappa shape index (κ3) is 3.70. The van der Waals surface area contributed by atoms with Crippen LogP contribution in [0.4, 0.5) is 14.5 Å². The number of hydrogen-bond acceptors (Lipinski definition) is 2. The molecule has 2 aromatic carbocycles. The van der Waals surface area contributed by atoms with Gasteiger partial charge in [-0.3, -0.25) is 4.79 Å². The lowest BCUT2D eigenvalue weighted by Crippen LogP contribution is -2.54. The summed E-state index contributed by atoms with van der Waals surface area (Å²) in [6.07, 6.45) is 7.44. The monoisotopic (exact) mass is 395 g/mol. The molecule has 4 aliphatic rings. The van der Waals surface area contributed by atoms with Gasteiger partial charge >= 0.3 is 0 Å². The number of nitrogens with one attached hydrogen (secondary N) is 1. The van der Waals surface area contributed by atoms with Crippen molar-refractivity contribution in [2.24, 2.45) is 23.2 Å². The molecule has 0 radical (unpaired) electrons. The van der Waals surface area contributed by atoms with E-state index in [-0.39, 0.29) is 23.1 Å². The van der Waals surface area contributed by atoms with Gasteiger partial charge in [0.25, 0.3) is 0 Å². The number of benzene rings is 2. The molecule has 152 valence electrons. The molecular formula is C25H27F2NO. The summed E-state index contributed by atoms with van der Waals surface area (Å²) in [7, 11) is 0. The quantitative estimate of drug-likeness (QED) is 0.672. The fourth-order valence-electron chi connectivity index (χ4n) is 6.59. The van der Waals surface area contributed by atoms with E-state index in [9.17, 15) is 13.6 Å². The van der Waals surface area contributed by atoms with Gasteiger partial charge in [-0.2, -0.15) is 0 Å². The van der Waals surface area contributed by atoms with Gasteiger partial charge in [0.05, 0.1) is 6.04 Å². The van der Waals surface area contributed by atoms with Crippen molar-refractivity contribution in [1.82, 2.24) is 0 Å². The molecule has 4 aliphatic carbocycles. The standard InChI is InChI=1S/C25H27F2NO/c26-20-3-1-16(2-4-20)12-23(28-22-7-5-21(27)6-8-22)24(29)25-13-17-9-18(14-25)11-19(10-17)15-25/h1-8,17-19,23,28H,9-15H2. The molecule has 0 saturated heterocycles. The zero-order valence-corrected chi connectivity index (χ0v) is 16.5. The first-order chi connectivity index (χ1) is 14.0. The summed E-state index contributed by atoms with van der Waals surface area (Å²) >= 11 is 0. The van der Waals surface area contributed by atoms with Crippen molar-refractivity contribution >= 4 is 11.5 Å². The van der Waals surface area contributed by atoms with Crippen LogP contribution in [0.3, 0.4) is 0 Å². The summed E-state index contributed by atoms with van der Waals surface area (Å²) < 4.78 is 26.7. The molecule has 4 saturated carbocycles. The second kappa shape index (κ2) is 7.23. The lowest BCUT2D eigenvalue weighted by atomic mass is 9.48. The molecule has 6 rings (SSSR count). The first kappa shape index (κ1) is 18.8. The zero-order valence-electron chi connectivity index (χ0n) is 16.5. The number of anilines is 1. The SMILES string of the molecule is O=C(C(Cc1ccc(F)cc1)Nc1ccc(F)cc1)C12CC3CC(CC(C3)C1)C2. The molecule has 2 nitrogen and oxygen atoms in total. The van der Waals surface area contributed by atoms with E-state index in [2.05, 4.69) is 5.32 Å². The minimum absolute atomic E-state index is 0.216. The average molecular weight is 395 g/mol. The summed E-state index contributed by atoms with van der Waals surface area (Å²) in [5, 5.41) is 3.38. The van der Waals surface area contributed by atoms with Crippen LogP contribution in [0, 0.1) is 34.8 Å². The largest absolute Gasteiger partial charge is 0.375 e. The van der Waals surface area contributed by atoms with Crippen molar-refractivity contribution in [1.29, 1.82) is 0 Å². The Kier molecular flexibility index (Phi) is 4.68. The van der Waals surface area contributed by atoms with Gasteiger partial charge in [0.2, 0.25) is 0 Å². The lowest BCUT2D eigenvalue weighted by molar-refractivity contribution is -0.144. The van der Waals surface area contributed by atoms with Crippen LogP contribution < -0.4 is 5.32 Å². The first-order valence-electron chi connectivity index (χ1n) is 10.8. The number of Topliss-reactive ketones (excluding diaryl/α,β-unsaturated/α-hetero) is 1. The molecule has 2 aromatic rings. The van der Waals surface area contributed by atoms with Gasteiger partial charge in [-0.05, 0) is 105 Å². The summed E-state index contributed by atoms with van der Waals surface area (Å²) in [5.41, 5.74) is 1.47. The molecule has 0 amide bonds. The summed E-state index contributed by atoms with van der Waals surface area (Å²) in [6.45, 7) is 0. The zero-order chi connectivity index (χ0) is 20.0. The molecule has 29 heavy (non-hydrogen) atoms. The predicted octanol–water partition coefficient (Wildman–Crippen LogP) is 5.77. The maximum atomic E-state index is 13.9. The maximum Gasteiger partial charge on any atom is 0.161 e. The van der Waals surface area contributed by atoms with Crippen molar-refractivity contribution in [2.45, 2.75) is 51.0 Å². The van der Waals surface area contributed by atoms with Gasteiger partial charge in [-0.25, -0.2) is 8.78 Å². The number of hydrogen-bond donors (Lipinski definition) is 1. The lowest BCUT2D eigenvalue weighted by Gasteiger charge is -2.56. The average Bonchev–Trinajstić information content (AvgIpc) is 2.69.